The maximum atomic E-state index is 11.2. The number of ether oxygens (including phenoxy) is 1. The van der Waals surface area contributed by atoms with Gasteiger partial charge in [0, 0.05) is 30.3 Å². The number of hydrogen-bond donors (Lipinski definition) is 1. The van der Waals surface area contributed by atoms with Crippen molar-refractivity contribution in [2.45, 2.75) is 12.6 Å². The van der Waals surface area contributed by atoms with E-state index in [1.807, 2.05) is 12.1 Å². The number of hydrogen-bond acceptors (Lipinski definition) is 5. The molecule has 0 unspecified atom stereocenters. The van der Waals surface area contributed by atoms with Crippen LogP contribution in [0.25, 0.3) is 0 Å². The molecule has 0 radical (unpaired) electrons. The van der Waals surface area contributed by atoms with Crippen molar-refractivity contribution in [3.63, 3.8) is 0 Å². The number of nitrogens with one attached hydrogen (secondary N) is 1. The van der Waals surface area contributed by atoms with Crippen LogP contribution in [0.4, 0.5) is 0 Å². The molecule has 0 aliphatic carbocycles. The second kappa shape index (κ2) is 4.85. The predicted molar refractivity (Wildman–Crippen MR) is 64.3 cm³/mol. The number of pyridine rings is 1. The van der Waals surface area contributed by atoms with E-state index in [0.717, 1.165) is 5.56 Å². The Labute approximate surface area is 100 Å². The Morgan fingerprint density at radius 1 is 1.59 bits per heavy atom. The lowest BCUT2D eigenvalue weighted by Crippen LogP contribution is -2.29. The van der Waals surface area contributed by atoms with Gasteiger partial charge in [-0.05, 0) is 11.6 Å². The summed E-state index contributed by atoms with van der Waals surface area (Å²) in [5.41, 5.74) is 1.01. The van der Waals surface area contributed by atoms with Crippen molar-refractivity contribution in [1.82, 2.24) is 10.3 Å². The molecule has 0 spiro atoms. The van der Waals surface area contributed by atoms with Gasteiger partial charge in [0.1, 0.15) is 0 Å². The van der Waals surface area contributed by atoms with Gasteiger partial charge in [-0.2, -0.15) is 0 Å². The maximum absolute atomic E-state index is 11.2. The van der Waals surface area contributed by atoms with Crippen molar-refractivity contribution in [3.8, 4) is 5.88 Å². The van der Waals surface area contributed by atoms with E-state index in [1.165, 1.54) is 5.41 Å². The van der Waals surface area contributed by atoms with Crippen molar-refractivity contribution >= 4 is 9.84 Å². The SMILES string of the molecule is COc1cc(CN[C@H]2C=CS(=O)(=O)C2)ccn1. The summed E-state index contributed by atoms with van der Waals surface area (Å²) in [6.45, 7) is 0.587. The van der Waals surface area contributed by atoms with Crippen LogP contribution in [0.2, 0.25) is 0 Å². The first kappa shape index (κ1) is 12.1. The molecule has 0 saturated carbocycles. The molecular weight excluding hydrogens is 240 g/mol. The Morgan fingerprint density at radius 2 is 2.41 bits per heavy atom. The molecule has 0 fully saturated rings. The molecule has 1 atom stereocenters. The molecule has 0 aromatic carbocycles. The minimum atomic E-state index is -2.99. The van der Waals surface area contributed by atoms with Crippen LogP contribution in [0, 0.1) is 0 Å². The fraction of sp³-hybridized carbons (Fsp3) is 0.364. The third-order valence-corrected chi connectivity index (χ3v) is 3.90. The monoisotopic (exact) mass is 254 g/mol. The van der Waals surface area contributed by atoms with Gasteiger partial charge >= 0.3 is 0 Å². The fourth-order valence-corrected chi connectivity index (χ4v) is 2.89. The summed E-state index contributed by atoms with van der Waals surface area (Å²) in [4.78, 5) is 4.00. The summed E-state index contributed by atoms with van der Waals surface area (Å²) in [6.07, 6.45) is 3.34. The number of nitrogens with zero attached hydrogens (tertiary/aromatic N) is 1. The molecule has 0 amide bonds. The molecule has 6 heteroatoms. The van der Waals surface area contributed by atoms with E-state index in [4.69, 9.17) is 4.74 Å². The summed E-state index contributed by atoms with van der Waals surface area (Å²) in [5, 5.41) is 4.42. The van der Waals surface area contributed by atoms with Crippen LogP contribution in [0.15, 0.2) is 29.8 Å². The molecule has 92 valence electrons. The van der Waals surface area contributed by atoms with Gasteiger partial charge in [0.05, 0.1) is 12.9 Å². The van der Waals surface area contributed by atoms with Crippen molar-refractivity contribution in [3.05, 3.63) is 35.4 Å². The largest absolute Gasteiger partial charge is 0.481 e. The summed E-state index contributed by atoms with van der Waals surface area (Å²) in [7, 11) is -1.43. The highest BCUT2D eigenvalue weighted by molar-refractivity contribution is 7.94. The highest BCUT2D eigenvalue weighted by Crippen LogP contribution is 2.11. The first-order chi connectivity index (χ1) is 8.09. The lowest BCUT2D eigenvalue weighted by atomic mass is 10.2. The van der Waals surface area contributed by atoms with E-state index in [2.05, 4.69) is 10.3 Å². The van der Waals surface area contributed by atoms with Gasteiger partial charge in [0.25, 0.3) is 0 Å². The van der Waals surface area contributed by atoms with Crippen molar-refractivity contribution in [2.24, 2.45) is 0 Å². The minimum absolute atomic E-state index is 0.112. The molecule has 0 saturated heterocycles. The number of rotatable bonds is 4. The Balaban J connectivity index is 1.92. The molecule has 2 rings (SSSR count). The van der Waals surface area contributed by atoms with Crippen LogP contribution in [-0.4, -0.2) is 32.3 Å². The predicted octanol–water partition coefficient (Wildman–Crippen LogP) is 0.490. The molecule has 17 heavy (non-hydrogen) atoms. The second-order valence-electron chi connectivity index (χ2n) is 3.85. The quantitative estimate of drug-likeness (QED) is 0.847. The number of methoxy groups -OCH3 is 1. The van der Waals surface area contributed by atoms with Crippen LogP contribution in [-0.2, 0) is 16.4 Å². The van der Waals surface area contributed by atoms with E-state index in [1.54, 1.807) is 19.4 Å². The van der Waals surface area contributed by atoms with Crippen molar-refractivity contribution in [1.29, 1.82) is 0 Å². The molecule has 1 N–H and O–H groups in total. The Bertz CT molecular complexity index is 525. The zero-order valence-electron chi connectivity index (χ0n) is 9.46. The summed E-state index contributed by atoms with van der Waals surface area (Å²) in [6, 6.07) is 3.57. The van der Waals surface area contributed by atoms with Gasteiger partial charge in [-0.25, -0.2) is 13.4 Å². The van der Waals surface area contributed by atoms with E-state index in [9.17, 15) is 8.42 Å². The van der Waals surface area contributed by atoms with Crippen LogP contribution in [0.5, 0.6) is 5.88 Å². The third-order valence-electron chi connectivity index (χ3n) is 2.51. The minimum Gasteiger partial charge on any atom is -0.481 e. The smallest absolute Gasteiger partial charge is 0.213 e. The third kappa shape index (κ3) is 3.28. The summed E-state index contributed by atoms with van der Waals surface area (Å²) in [5.74, 6) is 0.689. The highest BCUT2D eigenvalue weighted by Gasteiger charge is 2.20. The Morgan fingerprint density at radius 3 is 3.06 bits per heavy atom. The Kier molecular flexibility index (Phi) is 3.44. The summed E-state index contributed by atoms with van der Waals surface area (Å²) < 4.78 is 27.4. The normalized spacial score (nSPS) is 21.6. The van der Waals surface area contributed by atoms with Gasteiger partial charge in [-0.1, -0.05) is 6.08 Å². The number of sulfone groups is 1. The highest BCUT2D eigenvalue weighted by atomic mass is 32.2. The average molecular weight is 254 g/mol. The average Bonchev–Trinajstić information content (AvgIpc) is 2.67. The van der Waals surface area contributed by atoms with Crippen molar-refractivity contribution < 1.29 is 13.2 Å². The zero-order chi connectivity index (χ0) is 12.3. The molecule has 1 aromatic rings. The fourth-order valence-electron chi connectivity index (χ4n) is 1.62. The van der Waals surface area contributed by atoms with Gasteiger partial charge in [0.15, 0.2) is 9.84 Å². The van der Waals surface area contributed by atoms with E-state index in [0.29, 0.717) is 12.4 Å². The van der Waals surface area contributed by atoms with Gasteiger partial charge in [-0.15, -0.1) is 0 Å². The van der Waals surface area contributed by atoms with Crippen LogP contribution >= 0.6 is 0 Å². The first-order valence-corrected chi connectivity index (χ1v) is 6.94. The lowest BCUT2D eigenvalue weighted by Gasteiger charge is -2.10. The molecule has 1 aliphatic heterocycles. The summed E-state index contributed by atoms with van der Waals surface area (Å²) >= 11 is 0. The second-order valence-corrected chi connectivity index (χ2v) is 5.78. The zero-order valence-corrected chi connectivity index (χ0v) is 10.3. The van der Waals surface area contributed by atoms with Crippen molar-refractivity contribution in [2.75, 3.05) is 12.9 Å². The van der Waals surface area contributed by atoms with Gasteiger partial charge in [0.2, 0.25) is 5.88 Å². The van der Waals surface area contributed by atoms with Gasteiger partial charge in [-0.3, -0.25) is 0 Å². The lowest BCUT2D eigenvalue weighted by molar-refractivity contribution is 0.397. The standard InChI is InChI=1S/C11H14N2O3S/c1-16-11-6-9(2-4-12-11)7-13-10-3-5-17(14,15)8-10/h2-6,10,13H,7-8H2,1H3/t10-/m0/s1. The molecule has 1 aromatic heterocycles. The maximum Gasteiger partial charge on any atom is 0.213 e. The first-order valence-electron chi connectivity index (χ1n) is 5.22. The molecule has 0 bridgehead atoms. The molecular formula is C11H14N2O3S. The number of aromatic nitrogens is 1. The van der Waals surface area contributed by atoms with E-state index >= 15 is 0 Å². The molecule has 5 nitrogen and oxygen atoms in total. The van der Waals surface area contributed by atoms with Crippen LogP contribution < -0.4 is 10.1 Å². The van der Waals surface area contributed by atoms with Crippen LogP contribution in [0.3, 0.4) is 0 Å². The molecule has 1 aliphatic rings. The Hall–Kier alpha value is -1.40. The van der Waals surface area contributed by atoms with Gasteiger partial charge < -0.3 is 10.1 Å². The van der Waals surface area contributed by atoms with E-state index < -0.39 is 9.84 Å². The molecule has 2 heterocycles. The topological polar surface area (TPSA) is 68.3 Å². The van der Waals surface area contributed by atoms with Crippen LogP contribution in [0.1, 0.15) is 5.56 Å². The van der Waals surface area contributed by atoms with E-state index in [-0.39, 0.29) is 11.8 Å².